The molecule has 2 fully saturated rings. The van der Waals surface area contributed by atoms with Crippen LogP contribution in [0.15, 0.2) is 0 Å². The molecule has 1 N–H and O–H groups in total. The maximum Gasteiger partial charge on any atom is 0.00473 e. The lowest BCUT2D eigenvalue weighted by Gasteiger charge is -2.30. The van der Waals surface area contributed by atoms with Gasteiger partial charge in [-0.25, -0.2) is 0 Å². The summed E-state index contributed by atoms with van der Waals surface area (Å²) in [5, 5.41) is 4.34. The standard InChI is InChI=1S/C11H21NS/c1-9-2-4-11(5-3-9)13-8-10-6-12-7-10/h9-12H,2-8H2,1H3. The highest BCUT2D eigenvalue weighted by molar-refractivity contribution is 7.99. The van der Waals surface area contributed by atoms with Gasteiger partial charge in [0, 0.05) is 5.25 Å². The summed E-state index contributed by atoms with van der Waals surface area (Å²) >= 11 is 2.24. The first-order chi connectivity index (χ1) is 6.34. The van der Waals surface area contributed by atoms with Crippen molar-refractivity contribution in [1.29, 1.82) is 0 Å². The number of nitrogens with one attached hydrogen (secondary N) is 1. The van der Waals surface area contributed by atoms with Crippen LogP contribution in [0.2, 0.25) is 0 Å². The molecule has 1 aliphatic carbocycles. The topological polar surface area (TPSA) is 12.0 Å². The minimum absolute atomic E-state index is 0.990. The molecular formula is C11H21NS. The monoisotopic (exact) mass is 199 g/mol. The number of hydrogen-bond acceptors (Lipinski definition) is 2. The number of rotatable bonds is 3. The van der Waals surface area contributed by atoms with E-state index in [-0.39, 0.29) is 0 Å². The minimum atomic E-state index is 0.990. The Morgan fingerprint density at radius 3 is 2.38 bits per heavy atom. The first-order valence-electron chi connectivity index (χ1n) is 5.67. The molecule has 0 radical (unpaired) electrons. The molecule has 0 aromatic rings. The Hall–Kier alpha value is 0.310. The van der Waals surface area contributed by atoms with E-state index in [0.717, 1.165) is 17.1 Å². The first-order valence-corrected chi connectivity index (χ1v) is 6.72. The van der Waals surface area contributed by atoms with Gasteiger partial charge in [0.05, 0.1) is 0 Å². The Morgan fingerprint density at radius 2 is 1.85 bits per heavy atom. The third kappa shape index (κ3) is 2.88. The van der Waals surface area contributed by atoms with E-state index in [1.807, 2.05) is 0 Å². The zero-order chi connectivity index (χ0) is 9.10. The lowest BCUT2D eigenvalue weighted by atomic mass is 9.91. The fourth-order valence-corrected chi connectivity index (χ4v) is 3.52. The van der Waals surface area contributed by atoms with Gasteiger partial charge in [-0.2, -0.15) is 11.8 Å². The van der Waals surface area contributed by atoms with Crippen LogP contribution in [0.5, 0.6) is 0 Å². The van der Waals surface area contributed by atoms with Crippen molar-refractivity contribution in [3.63, 3.8) is 0 Å². The van der Waals surface area contributed by atoms with Gasteiger partial charge in [-0.15, -0.1) is 0 Å². The van der Waals surface area contributed by atoms with Crippen LogP contribution in [-0.4, -0.2) is 24.1 Å². The summed E-state index contributed by atoms with van der Waals surface area (Å²) in [5.74, 6) is 3.40. The maximum absolute atomic E-state index is 3.34. The van der Waals surface area contributed by atoms with E-state index in [1.54, 1.807) is 0 Å². The molecule has 13 heavy (non-hydrogen) atoms. The van der Waals surface area contributed by atoms with Crippen molar-refractivity contribution in [2.45, 2.75) is 37.9 Å². The third-order valence-corrected chi connectivity index (χ3v) is 5.00. The van der Waals surface area contributed by atoms with Crippen molar-refractivity contribution < 1.29 is 0 Å². The molecule has 76 valence electrons. The lowest BCUT2D eigenvalue weighted by Crippen LogP contribution is -2.43. The highest BCUT2D eigenvalue weighted by Crippen LogP contribution is 2.32. The van der Waals surface area contributed by atoms with Crippen molar-refractivity contribution in [3.8, 4) is 0 Å². The molecule has 1 saturated carbocycles. The quantitative estimate of drug-likeness (QED) is 0.749. The van der Waals surface area contributed by atoms with E-state index >= 15 is 0 Å². The first kappa shape index (κ1) is 9.85. The van der Waals surface area contributed by atoms with Gasteiger partial charge in [0.1, 0.15) is 0 Å². The molecule has 1 saturated heterocycles. The predicted octanol–water partition coefficient (Wildman–Crippen LogP) is 2.52. The molecule has 2 heteroatoms. The van der Waals surface area contributed by atoms with Crippen LogP contribution in [0, 0.1) is 11.8 Å². The molecule has 2 aliphatic rings. The second-order valence-electron chi connectivity index (χ2n) is 4.74. The Labute approximate surface area is 86.0 Å². The Bertz CT molecular complexity index is 148. The van der Waals surface area contributed by atoms with Gasteiger partial charge >= 0.3 is 0 Å². The highest BCUT2D eigenvalue weighted by atomic mass is 32.2. The fraction of sp³-hybridized carbons (Fsp3) is 1.00. The molecule has 1 aliphatic heterocycles. The molecule has 0 aromatic heterocycles. The summed E-state index contributed by atoms with van der Waals surface area (Å²) in [4.78, 5) is 0. The van der Waals surface area contributed by atoms with Crippen molar-refractivity contribution in [2.24, 2.45) is 11.8 Å². The van der Waals surface area contributed by atoms with Crippen molar-refractivity contribution in [1.82, 2.24) is 5.32 Å². The molecule has 0 amide bonds. The van der Waals surface area contributed by atoms with Crippen LogP contribution < -0.4 is 5.32 Å². The molecule has 1 heterocycles. The van der Waals surface area contributed by atoms with Gasteiger partial charge < -0.3 is 5.32 Å². The van der Waals surface area contributed by atoms with E-state index in [2.05, 4.69) is 24.0 Å². The highest BCUT2D eigenvalue weighted by Gasteiger charge is 2.22. The van der Waals surface area contributed by atoms with E-state index in [1.165, 1.54) is 44.5 Å². The van der Waals surface area contributed by atoms with E-state index in [9.17, 15) is 0 Å². The Morgan fingerprint density at radius 1 is 1.15 bits per heavy atom. The van der Waals surface area contributed by atoms with Gasteiger partial charge in [-0.05, 0) is 56.4 Å². The van der Waals surface area contributed by atoms with Crippen molar-refractivity contribution in [2.75, 3.05) is 18.8 Å². The molecular weight excluding hydrogens is 178 g/mol. The zero-order valence-corrected chi connectivity index (χ0v) is 9.41. The molecule has 0 bridgehead atoms. The van der Waals surface area contributed by atoms with Crippen molar-refractivity contribution in [3.05, 3.63) is 0 Å². The van der Waals surface area contributed by atoms with Gasteiger partial charge in [0.25, 0.3) is 0 Å². The lowest BCUT2D eigenvalue weighted by molar-refractivity contribution is 0.378. The Kier molecular flexibility index (Phi) is 3.56. The SMILES string of the molecule is CC1CCC(SCC2CNC2)CC1. The normalized spacial score (nSPS) is 35.8. The average molecular weight is 199 g/mol. The van der Waals surface area contributed by atoms with Gasteiger partial charge in [-0.1, -0.05) is 6.92 Å². The van der Waals surface area contributed by atoms with Crippen molar-refractivity contribution >= 4 is 11.8 Å². The summed E-state index contributed by atoms with van der Waals surface area (Å²) in [6.07, 6.45) is 5.90. The van der Waals surface area contributed by atoms with Crippen LogP contribution in [0.1, 0.15) is 32.6 Å². The second kappa shape index (κ2) is 4.70. The van der Waals surface area contributed by atoms with E-state index in [4.69, 9.17) is 0 Å². The summed E-state index contributed by atoms with van der Waals surface area (Å²) in [6.45, 7) is 4.95. The van der Waals surface area contributed by atoms with Crippen LogP contribution in [-0.2, 0) is 0 Å². The zero-order valence-electron chi connectivity index (χ0n) is 8.59. The van der Waals surface area contributed by atoms with E-state index < -0.39 is 0 Å². The Balaban J connectivity index is 1.59. The van der Waals surface area contributed by atoms with Crippen LogP contribution in [0.4, 0.5) is 0 Å². The summed E-state index contributed by atoms with van der Waals surface area (Å²) in [5.41, 5.74) is 0. The molecule has 0 aromatic carbocycles. The van der Waals surface area contributed by atoms with Gasteiger partial charge in [0.15, 0.2) is 0 Å². The summed E-state index contributed by atoms with van der Waals surface area (Å²) in [7, 11) is 0. The smallest absolute Gasteiger partial charge is 0.00473 e. The number of hydrogen-bond donors (Lipinski definition) is 1. The summed E-state index contributed by atoms with van der Waals surface area (Å²) < 4.78 is 0. The molecule has 0 unspecified atom stereocenters. The molecule has 1 nitrogen and oxygen atoms in total. The van der Waals surface area contributed by atoms with Gasteiger partial charge in [-0.3, -0.25) is 0 Å². The van der Waals surface area contributed by atoms with Gasteiger partial charge in [0.2, 0.25) is 0 Å². The molecule has 0 atom stereocenters. The predicted molar refractivity (Wildman–Crippen MR) is 60.2 cm³/mol. The van der Waals surface area contributed by atoms with Crippen LogP contribution in [0.25, 0.3) is 0 Å². The summed E-state index contributed by atoms with van der Waals surface area (Å²) in [6, 6.07) is 0. The van der Waals surface area contributed by atoms with Crippen LogP contribution in [0.3, 0.4) is 0 Å². The maximum atomic E-state index is 3.34. The minimum Gasteiger partial charge on any atom is -0.316 e. The van der Waals surface area contributed by atoms with E-state index in [0.29, 0.717) is 0 Å². The molecule has 0 spiro atoms. The largest absolute Gasteiger partial charge is 0.316 e. The molecule has 2 rings (SSSR count). The average Bonchev–Trinajstić information content (AvgIpc) is 2.05. The van der Waals surface area contributed by atoms with Crippen LogP contribution >= 0.6 is 11.8 Å². The number of thioether (sulfide) groups is 1. The third-order valence-electron chi connectivity index (χ3n) is 3.40. The fourth-order valence-electron chi connectivity index (χ4n) is 2.13. The second-order valence-corrected chi connectivity index (χ2v) is 6.07.